The molecular weight excluding hydrogens is 338 g/mol. The second-order valence-corrected chi connectivity index (χ2v) is 6.63. The van der Waals surface area contributed by atoms with E-state index in [1.54, 1.807) is 25.3 Å². The van der Waals surface area contributed by atoms with Crippen molar-refractivity contribution in [2.45, 2.75) is 18.9 Å². The Kier molecular flexibility index (Phi) is 4.50. The van der Waals surface area contributed by atoms with E-state index in [-0.39, 0.29) is 11.9 Å². The van der Waals surface area contributed by atoms with Crippen LogP contribution in [0.2, 0.25) is 0 Å². The molecule has 1 atom stereocenters. The molecule has 2 aromatic carbocycles. The molecule has 0 spiro atoms. The Balaban J connectivity index is 1.56. The number of carbonyl (C=O) groups excluding carboxylic acids is 1. The van der Waals surface area contributed by atoms with Crippen LogP contribution in [-0.2, 0) is 6.42 Å². The molecule has 1 heterocycles. The van der Waals surface area contributed by atoms with Crippen LogP contribution >= 0.6 is 0 Å². The maximum absolute atomic E-state index is 12.7. The molecule has 0 fully saturated rings. The number of nitrogens with zero attached hydrogens (tertiary/aromatic N) is 1. The van der Waals surface area contributed by atoms with Gasteiger partial charge in [0.05, 0.1) is 24.5 Å². The first-order valence-electron chi connectivity index (χ1n) is 8.95. The fraction of sp³-hybridized carbons (Fsp3) is 0.182. The number of rotatable bonds is 4. The zero-order valence-corrected chi connectivity index (χ0v) is 15.1. The Hall–Kier alpha value is -3.34. The van der Waals surface area contributed by atoms with Crippen LogP contribution in [0.3, 0.4) is 0 Å². The van der Waals surface area contributed by atoms with E-state index in [0.29, 0.717) is 22.8 Å². The summed E-state index contributed by atoms with van der Waals surface area (Å²) in [6.07, 6.45) is 1.90. The van der Waals surface area contributed by atoms with Gasteiger partial charge in [-0.1, -0.05) is 30.3 Å². The first kappa shape index (κ1) is 17.1. The van der Waals surface area contributed by atoms with E-state index < -0.39 is 0 Å². The van der Waals surface area contributed by atoms with Crippen molar-refractivity contribution >= 4 is 11.6 Å². The summed E-state index contributed by atoms with van der Waals surface area (Å²) in [5.41, 5.74) is 11.0. The van der Waals surface area contributed by atoms with Crippen LogP contribution in [0.4, 0.5) is 5.69 Å². The van der Waals surface area contributed by atoms with Crippen LogP contribution in [0.1, 0.15) is 34.1 Å². The molecular formula is C22H21N3O2. The smallest absolute Gasteiger partial charge is 0.270 e. The highest BCUT2D eigenvalue weighted by Gasteiger charge is 2.24. The number of benzene rings is 2. The molecule has 1 aliphatic rings. The molecule has 1 amide bonds. The van der Waals surface area contributed by atoms with Gasteiger partial charge in [-0.15, -0.1) is 0 Å². The third-order valence-electron chi connectivity index (χ3n) is 4.95. The van der Waals surface area contributed by atoms with Gasteiger partial charge in [0.2, 0.25) is 0 Å². The summed E-state index contributed by atoms with van der Waals surface area (Å²) >= 11 is 0. The lowest BCUT2D eigenvalue weighted by Crippen LogP contribution is -2.27. The van der Waals surface area contributed by atoms with Gasteiger partial charge in [-0.3, -0.25) is 4.79 Å². The molecule has 0 aliphatic heterocycles. The fourth-order valence-corrected chi connectivity index (χ4v) is 3.55. The molecule has 5 nitrogen and oxygen atoms in total. The third kappa shape index (κ3) is 3.36. The van der Waals surface area contributed by atoms with Crippen LogP contribution < -0.4 is 15.8 Å². The monoisotopic (exact) mass is 359 g/mol. The van der Waals surface area contributed by atoms with Crippen molar-refractivity contribution in [2.24, 2.45) is 0 Å². The predicted octanol–water partition coefficient (Wildman–Crippen LogP) is 3.76. The molecule has 1 aliphatic carbocycles. The summed E-state index contributed by atoms with van der Waals surface area (Å²) < 4.78 is 5.19. The van der Waals surface area contributed by atoms with E-state index in [1.165, 1.54) is 11.1 Å². The number of pyridine rings is 1. The van der Waals surface area contributed by atoms with Gasteiger partial charge in [0.25, 0.3) is 5.91 Å². The quantitative estimate of drug-likeness (QED) is 0.696. The van der Waals surface area contributed by atoms with Gasteiger partial charge < -0.3 is 15.8 Å². The van der Waals surface area contributed by atoms with E-state index in [2.05, 4.69) is 22.4 Å². The van der Waals surface area contributed by atoms with E-state index in [0.717, 1.165) is 18.4 Å². The lowest BCUT2D eigenvalue weighted by atomic mass is 10.1. The minimum absolute atomic E-state index is 0.0378. The summed E-state index contributed by atoms with van der Waals surface area (Å²) in [6.45, 7) is 0. The number of nitrogen functional groups attached to an aromatic ring is 1. The largest absolute Gasteiger partial charge is 0.495 e. The van der Waals surface area contributed by atoms with Gasteiger partial charge in [-0.25, -0.2) is 4.98 Å². The molecule has 0 bridgehead atoms. The number of amides is 1. The highest BCUT2D eigenvalue weighted by Crippen LogP contribution is 2.31. The minimum Gasteiger partial charge on any atom is -0.495 e. The number of methoxy groups -OCH3 is 1. The molecule has 136 valence electrons. The number of anilines is 1. The molecule has 0 saturated carbocycles. The maximum Gasteiger partial charge on any atom is 0.270 e. The van der Waals surface area contributed by atoms with Gasteiger partial charge in [0, 0.05) is 5.56 Å². The number of carbonyl (C=O) groups is 1. The SMILES string of the molecule is COc1ccc(-c2cccc(C(=O)NC3CCc4ccccc43)n2)cc1N. The van der Waals surface area contributed by atoms with Crippen LogP contribution in [0.25, 0.3) is 11.3 Å². The number of aryl methyl sites for hydroxylation is 1. The molecule has 3 aromatic rings. The Labute approximate surface area is 158 Å². The van der Waals surface area contributed by atoms with E-state index in [4.69, 9.17) is 10.5 Å². The molecule has 0 radical (unpaired) electrons. The zero-order chi connectivity index (χ0) is 18.8. The standard InChI is InChI=1S/C22H21N3O2/c1-27-21-12-10-15(13-17(21)23)18-7-4-8-20(24-18)22(26)25-19-11-9-14-5-2-3-6-16(14)19/h2-8,10,12-13,19H,9,11,23H2,1H3,(H,25,26). The van der Waals surface area contributed by atoms with Gasteiger partial charge in [0.1, 0.15) is 11.4 Å². The van der Waals surface area contributed by atoms with Crippen molar-refractivity contribution in [3.8, 4) is 17.0 Å². The van der Waals surface area contributed by atoms with Gasteiger partial charge in [-0.2, -0.15) is 0 Å². The Morgan fingerprint density at radius 1 is 1.15 bits per heavy atom. The van der Waals surface area contributed by atoms with Crippen LogP contribution in [-0.4, -0.2) is 18.0 Å². The lowest BCUT2D eigenvalue weighted by molar-refractivity contribution is 0.0932. The second-order valence-electron chi connectivity index (χ2n) is 6.63. The topological polar surface area (TPSA) is 77.2 Å². The first-order chi connectivity index (χ1) is 13.2. The molecule has 0 saturated heterocycles. The number of ether oxygens (including phenoxy) is 1. The normalized spacial score (nSPS) is 15.2. The molecule has 4 rings (SSSR count). The molecule has 1 aromatic heterocycles. The van der Waals surface area contributed by atoms with E-state index in [9.17, 15) is 4.79 Å². The number of nitrogens with one attached hydrogen (secondary N) is 1. The van der Waals surface area contributed by atoms with Crippen molar-refractivity contribution in [1.82, 2.24) is 10.3 Å². The average Bonchev–Trinajstić information content (AvgIpc) is 3.11. The number of fused-ring (bicyclic) bond motifs is 1. The molecule has 3 N–H and O–H groups in total. The number of hydrogen-bond acceptors (Lipinski definition) is 4. The van der Waals surface area contributed by atoms with Gasteiger partial charge in [0.15, 0.2) is 0 Å². The predicted molar refractivity (Wildman–Crippen MR) is 106 cm³/mol. The average molecular weight is 359 g/mol. The number of nitrogens with two attached hydrogens (primary N) is 1. The summed E-state index contributed by atoms with van der Waals surface area (Å²) in [7, 11) is 1.58. The van der Waals surface area contributed by atoms with Gasteiger partial charge in [-0.05, 0) is 54.3 Å². The highest BCUT2D eigenvalue weighted by atomic mass is 16.5. The second kappa shape index (κ2) is 7.11. The number of hydrogen-bond donors (Lipinski definition) is 2. The summed E-state index contributed by atoms with van der Waals surface area (Å²) in [5, 5.41) is 3.11. The molecule has 1 unspecified atom stereocenters. The summed E-state index contributed by atoms with van der Waals surface area (Å²) in [6, 6.07) is 19.2. The van der Waals surface area contributed by atoms with Crippen molar-refractivity contribution in [1.29, 1.82) is 0 Å². The van der Waals surface area contributed by atoms with Crippen LogP contribution in [0, 0.1) is 0 Å². The van der Waals surface area contributed by atoms with Crippen molar-refractivity contribution < 1.29 is 9.53 Å². The van der Waals surface area contributed by atoms with Crippen molar-refractivity contribution in [3.63, 3.8) is 0 Å². The first-order valence-corrected chi connectivity index (χ1v) is 8.95. The summed E-state index contributed by atoms with van der Waals surface area (Å²) in [5.74, 6) is 0.451. The Morgan fingerprint density at radius 3 is 2.81 bits per heavy atom. The van der Waals surface area contributed by atoms with Gasteiger partial charge >= 0.3 is 0 Å². The van der Waals surface area contributed by atoms with Crippen molar-refractivity contribution in [2.75, 3.05) is 12.8 Å². The van der Waals surface area contributed by atoms with Crippen molar-refractivity contribution in [3.05, 3.63) is 77.5 Å². The molecule has 27 heavy (non-hydrogen) atoms. The maximum atomic E-state index is 12.7. The van der Waals surface area contributed by atoms with Crippen LogP contribution in [0.5, 0.6) is 5.75 Å². The molecule has 5 heteroatoms. The van der Waals surface area contributed by atoms with E-state index in [1.807, 2.05) is 30.3 Å². The van der Waals surface area contributed by atoms with E-state index >= 15 is 0 Å². The highest BCUT2D eigenvalue weighted by molar-refractivity contribution is 5.93. The lowest BCUT2D eigenvalue weighted by Gasteiger charge is -2.14. The Morgan fingerprint density at radius 2 is 2.00 bits per heavy atom. The van der Waals surface area contributed by atoms with Crippen LogP contribution in [0.15, 0.2) is 60.7 Å². The minimum atomic E-state index is -0.167. The fourth-order valence-electron chi connectivity index (χ4n) is 3.55. The summed E-state index contributed by atoms with van der Waals surface area (Å²) in [4.78, 5) is 17.3. The zero-order valence-electron chi connectivity index (χ0n) is 15.1. The Bertz CT molecular complexity index is 1000. The third-order valence-corrected chi connectivity index (χ3v) is 4.95. The number of aromatic nitrogens is 1.